The van der Waals surface area contributed by atoms with Crippen LogP contribution >= 0.6 is 0 Å². The van der Waals surface area contributed by atoms with E-state index in [-0.39, 0.29) is 36.5 Å². The van der Waals surface area contributed by atoms with Crippen molar-refractivity contribution in [1.82, 2.24) is 15.5 Å². The Morgan fingerprint density at radius 3 is 2.30 bits per heavy atom. The number of aliphatic hydroxyl groups is 1. The van der Waals surface area contributed by atoms with Crippen LogP contribution in [0.25, 0.3) is 0 Å². The van der Waals surface area contributed by atoms with Crippen LogP contribution in [0.2, 0.25) is 0 Å². The fourth-order valence-electron chi connectivity index (χ4n) is 4.86. The summed E-state index contributed by atoms with van der Waals surface area (Å²) in [4.78, 5) is 25.3. The molecule has 1 saturated heterocycles. The lowest BCUT2D eigenvalue weighted by molar-refractivity contribution is -0.275. The van der Waals surface area contributed by atoms with E-state index in [0.717, 1.165) is 54.6 Å². The summed E-state index contributed by atoms with van der Waals surface area (Å²) in [5, 5.41) is 15.2. The van der Waals surface area contributed by atoms with E-state index in [2.05, 4.69) is 36.1 Å². The lowest BCUT2D eigenvalue weighted by Crippen LogP contribution is -2.43. The SMILES string of the molecule is C=CCN(C)C[C@@H]1O[C@H](c2ccc(CNC(=O)CCCCCNC(C)=O)cc2)O[C@H](c2ccc(CO)cc2)[C@@H]1C. The van der Waals surface area contributed by atoms with Crippen LogP contribution in [-0.4, -0.2) is 54.6 Å². The van der Waals surface area contributed by atoms with Gasteiger partial charge in [-0.25, -0.2) is 0 Å². The smallest absolute Gasteiger partial charge is 0.220 e. The topological polar surface area (TPSA) is 100 Å². The van der Waals surface area contributed by atoms with Gasteiger partial charge in [-0.05, 0) is 36.6 Å². The van der Waals surface area contributed by atoms with Gasteiger partial charge in [0, 0.05) is 51.0 Å². The third-order valence-corrected chi connectivity index (χ3v) is 7.25. The predicted octanol–water partition coefficient (Wildman–Crippen LogP) is 4.40. The molecule has 4 atom stereocenters. The van der Waals surface area contributed by atoms with Crippen molar-refractivity contribution < 1.29 is 24.2 Å². The van der Waals surface area contributed by atoms with Crippen LogP contribution in [0.4, 0.5) is 0 Å². The highest BCUT2D eigenvalue weighted by molar-refractivity contribution is 5.75. The maximum absolute atomic E-state index is 12.2. The van der Waals surface area contributed by atoms with Crippen LogP contribution in [0.15, 0.2) is 61.2 Å². The molecule has 218 valence electrons. The average molecular weight is 552 g/mol. The molecule has 3 N–H and O–H groups in total. The summed E-state index contributed by atoms with van der Waals surface area (Å²) < 4.78 is 13.0. The summed E-state index contributed by atoms with van der Waals surface area (Å²) in [6.07, 6.45) is 4.20. The minimum Gasteiger partial charge on any atom is -0.392 e. The zero-order valence-electron chi connectivity index (χ0n) is 24.1. The van der Waals surface area contributed by atoms with Crippen LogP contribution in [0.5, 0.6) is 0 Å². The second kappa shape index (κ2) is 16.3. The molecular weight excluding hydrogens is 506 g/mol. The Morgan fingerprint density at radius 1 is 0.975 bits per heavy atom. The van der Waals surface area contributed by atoms with Gasteiger partial charge in [0.2, 0.25) is 11.8 Å². The first-order chi connectivity index (χ1) is 19.3. The number of nitrogens with one attached hydrogen (secondary N) is 2. The molecule has 0 bridgehead atoms. The van der Waals surface area contributed by atoms with Crippen molar-refractivity contribution in [1.29, 1.82) is 0 Å². The van der Waals surface area contributed by atoms with E-state index in [1.165, 1.54) is 6.92 Å². The van der Waals surface area contributed by atoms with Gasteiger partial charge in [0.1, 0.15) is 0 Å². The van der Waals surface area contributed by atoms with Gasteiger partial charge >= 0.3 is 0 Å². The molecular formula is C32H45N3O5. The van der Waals surface area contributed by atoms with Crippen molar-refractivity contribution in [3.05, 3.63) is 83.4 Å². The van der Waals surface area contributed by atoms with Crippen LogP contribution in [-0.2, 0) is 32.2 Å². The number of hydrogen-bond donors (Lipinski definition) is 3. The Bertz CT molecular complexity index is 1070. The van der Waals surface area contributed by atoms with Crippen LogP contribution in [0, 0.1) is 5.92 Å². The molecule has 1 aliphatic rings. The molecule has 2 aromatic rings. The molecule has 8 nitrogen and oxygen atoms in total. The van der Waals surface area contributed by atoms with Gasteiger partial charge in [-0.1, -0.05) is 68.0 Å². The quantitative estimate of drug-likeness (QED) is 0.224. The number of aliphatic hydroxyl groups excluding tert-OH is 1. The van der Waals surface area contributed by atoms with Crippen molar-refractivity contribution in [2.45, 2.75) is 71.2 Å². The molecule has 3 rings (SSSR count). The Morgan fingerprint density at radius 2 is 1.65 bits per heavy atom. The average Bonchev–Trinajstić information content (AvgIpc) is 2.95. The fourth-order valence-corrected chi connectivity index (χ4v) is 4.86. The first-order valence-electron chi connectivity index (χ1n) is 14.2. The zero-order chi connectivity index (χ0) is 28.9. The molecule has 1 fully saturated rings. The normalized spacial score (nSPS) is 20.7. The Hall–Kier alpha value is -3.04. The van der Waals surface area contributed by atoms with Crippen molar-refractivity contribution in [2.75, 3.05) is 26.7 Å². The molecule has 2 aromatic carbocycles. The highest BCUT2D eigenvalue weighted by Gasteiger charge is 2.38. The zero-order valence-corrected chi connectivity index (χ0v) is 24.1. The number of amides is 2. The van der Waals surface area contributed by atoms with E-state index >= 15 is 0 Å². The minimum atomic E-state index is -0.526. The first-order valence-corrected chi connectivity index (χ1v) is 14.2. The number of likely N-dealkylation sites (N-methyl/N-ethyl adjacent to an activating group) is 1. The minimum absolute atomic E-state index is 0.00873. The fraction of sp³-hybridized carbons (Fsp3) is 0.500. The van der Waals surface area contributed by atoms with Crippen molar-refractivity contribution >= 4 is 11.8 Å². The molecule has 0 aliphatic carbocycles. The summed E-state index contributed by atoms with van der Waals surface area (Å²) in [6, 6.07) is 15.9. The summed E-state index contributed by atoms with van der Waals surface area (Å²) in [7, 11) is 2.06. The van der Waals surface area contributed by atoms with Gasteiger partial charge in [-0.2, -0.15) is 0 Å². The van der Waals surface area contributed by atoms with Crippen LogP contribution in [0.3, 0.4) is 0 Å². The number of ether oxygens (including phenoxy) is 2. The summed E-state index contributed by atoms with van der Waals surface area (Å²) in [6.45, 7) is 10.2. The maximum atomic E-state index is 12.2. The molecule has 40 heavy (non-hydrogen) atoms. The standard InChI is InChI=1S/C32H45N3O5/c1-5-19-35(4)21-29-23(2)31(27-14-12-26(22-36)13-15-27)40-32(39-29)28-16-10-25(11-17-28)20-34-30(38)9-7-6-8-18-33-24(3)37/h5,10-17,23,29,31-32,36H,1,6-9,18-22H2,2-4H3,(H,33,37)(H,34,38)/t23-,29+,31+,32+/m1/s1. The molecule has 2 amide bonds. The van der Waals surface area contributed by atoms with E-state index in [9.17, 15) is 14.7 Å². The molecule has 1 aliphatic heterocycles. The lowest BCUT2D eigenvalue weighted by atomic mass is 9.90. The molecule has 1 heterocycles. The lowest BCUT2D eigenvalue weighted by Gasteiger charge is -2.42. The van der Waals surface area contributed by atoms with Gasteiger partial charge in [-0.3, -0.25) is 9.59 Å². The highest BCUT2D eigenvalue weighted by Crippen LogP contribution is 2.41. The number of carbonyl (C=O) groups excluding carboxylic acids is 2. The molecule has 0 spiro atoms. The Labute approximate surface area is 238 Å². The van der Waals surface area contributed by atoms with E-state index in [1.807, 2.05) is 54.6 Å². The molecule has 0 saturated carbocycles. The molecule has 0 radical (unpaired) electrons. The Kier molecular flexibility index (Phi) is 12.8. The predicted molar refractivity (Wildman–Crippen MR) is 156 cm³/mol. The summed E-state index contributed by atoms with van der Waals surface area (Å²) >= 11 is 0. The van der Waals surface area contributed by atoms with Gasteiger partial charge in [0.15, 0.2) is 6.29 Å². The van der Waals surface area contributed by atoms with E-state index in [1.54, 1.807) is 0 Å². The third kappa shape index (κ3) is 9.86. The number of hydrogen-bond acceptors (Lipinski definition) is 6. The summed E-state index contributed by atoms with van der Waals surface area (Å²) in [5.41, 5.74) is 3.86. The number of carbonyl (C=O) groups is 2. The van der Waals surface area contributed by atoms with Crippen molar-refractivity contribution in [3.63, 3.8) is 0 Å². The van der Waals surface area contributed by atoms with Gasteiger partial charge in [0.05, 0.1) is 18.8 Å². The molecule has 0 unspecified atom stereocenters. The second-order valence-corrected chi connectivity index (χ2v) is 10.6. The van der Waals surface area contributed by atoms with E-state index in [0.29, 0.717) is 19.5 Å². The van der Waals surface area contributed by atoms with Gasteiger partial charge < -0.3 is 30.1 Å². The second-order valence-electron chi connectivity index (χ2n) is 10.6. The monoisotopic (exact) mass is 551 g/mol. The molecule has 0 aromatic heterocycles. The molecule has 8 heteroatoms. The van der Waals surface area contributed by atoms with Crippen LogP contribution < -0.4 is 10.6 Å². The van der Waals surface area contributed by atoms with Crippen molar-refractivity contribution in [3.8, 4) is 0 Å². The maximum Gasteiger partial charge on any atom is 0.220 e. The number of benzene rings is 2. The van der Waals surface area contributed by atoms with Crippen LogP contribution in [0.1, 0.15) is 74.2 Å². The van der Waals surface area contributed by atoms with Gasteiger partial charge in [0.25, 0.3) is 0 Å². The number of rotatable bonds is 15. The third-order valence-electron chi connectivity index (χ3n) is 7.25. The number of unbranched alkanes of at least 4 members (excludes halogenated alkanes) is 2. The highest BCUT2D eigenvalue weighted by atomic mass is 16.7. The first kappa shape index (κ1) is 31.5. The number of nitrogens with zero attached hydrogens (tertiary/aromatic N) is 1. The van der Waals surface area contributed by atoms with Gasteiger partial charge in [-0.15, -0.1) is 6.58 Å². The van der Waals surface area contributed by atoms with E-state index < -0.39 is 6.29 Å². The Balaban J connectivity index is 1.59. The van der Waals surface area contributed by atoms with E-state index in [4.69, 9.17) is 9.47 Å². The summed E-state index contributed by atoms with van der Waals surface area (Å²) in [5.74, 6) is 0.116. The van der Waals surface area contributed by atoms with Crippen molar-refractivity contribution in [2.24, 2.45) is 5.92 Å². The largest absolute Gasteiger partial charge is 0.392 e.